The largest absolute Gasteiger partial charge is 0.497 e. The first-order valence-corrected chi connectivity index (χ1v) is 11.0. The van der Waals surface area contributed by atoms with Gasteiger partial charge in [-0.1, -0.05) is 41.4 Å². The molecule has 0 aliphatic heterocycles. The summed E-state index contributed by atoms with van der Waals surface area (Å²) in [6, 6.07) is 19.9. The molecule has 0 aliphatic carbocycles. The molecule has 0 N–H and O–H groups in total. The van der Waals surface area contributed by atoms with Crippen LogP contribution in [0.25, 0.3) is 0 Å². The zero-order valence-corrected chi connectivity index (χ0v) is 17.7. The smallest absolute Gasteiger partial charge is 0.185 e. The first kappa shape index (κ1) is 21.1. The van der Waals surface area contributed by atoms with Gasteiger partial charge in [-0.05, 0) is 61.0 Å². The molecule has 0 amide bonds. The van der Waals surface area contributed by atoms with Crippen LogP contribution in [-0.2, 0) is 9.84 Å². The van der Waals surface area contributed by atoms with Gasteiger partial charge in [0.2, 0.25) is 0 Å². The number of benzene rings is 3. The molecule has 0 radical (unpaired) electrons. The van der Waals surface area contributed by atoms with Crippen LogP contribution in [0, 0.1) is 6.92 Å². The second-order valence-corrected chi connectivity index (χ2v) is 9.32. The minimum Gasteiger partial charge on any atom is -0.497 e. The summed E-state index contributed by atoms with van der Waals surface area (Å²) in [5, 5.41) is -0.500. The summed E-state index contributed by atoms with van der Waals surface area (Å²) < 4.78 is 32.0. The highest BCUT2D eigenvalue weighted by Crippen LogP contribution is 2.34. The first-order valence-electron chi connectivity index (χ1n) is 9.04. The predicted molar refractivity (Wildman–Crippen MR) is 114 cm³/mol. The van der Waals surface area contributed by atoms with E-state index in [-0.39, 0.29) is 17.1 Å². The van der Waals surface area contributed by atoms with Gasteiger partial charge in [0.1, 0.15) is 5.75 Å². The first-order chi connectivity index (χ1) is 13.8. The summed E-state index contributed by atoms with van der Waals surface area (Å²) in [6.45, 7) is 1.89. The molecule has 29 heavy (non-hydrogen) atoms. The van der Waals surface area contributed by atoms with E-state index in [1.54, 1.807) is 79.9 Å². The van der Waals surface area contributed by atoms with Gasteiger partial charge >= 0.3 is 0 Å². The van der Waals surface area contributed by atoms with E-state index < -0.39 is 15.1 Å². The summed E-state index contributed by atoms with van der Waals surface area (Å²) in [5.74, 6) is 0.349. The molecule has 3 aromatic carbocycles. The van der Waals surface area contributed by atoms with E-state index in [0.29, 0.717) is 21.9 Å². The number of halogens is 1. The lowest BCUT2D eigenvalue weighted by molar-refractivity contribution is 0.0980. The number of sulfone groups is 1. The monoisotopic (exact) mass is 428 g/mol. The third-order valence-electron chi connectivity index (χ3n) is 4.75. The number of methoxy groups -OCH3 is 1. The molecule has 6 heteroatoms. The Morgan fingerprint density at radius 3 is 2.07 bits per heavy atom. The number of hydrogen-bond donors (Lipinski definition) is 0. The molecule has 0 saturated carbocycles. The Balaban J connectivity index is 2.01. The van der Waals surface area contributed by atoms with Crippen molar-refractivity contribution < 1.29 is 17.9 Å². The summed E-state index contributed by atoms with van der Waals surface area (Å²) >= 11 is 5.89. The third kappa shape index (κ3) is 4.86. The summed E-state index contributed by atoms with van der Waals surface area (Å²) in [5.41, 5.74) is 1.92. The van der Waals surface area contributed by atoms with Gasteiger partial charge in [0.05, 0.1) is 17.3 Å². The maximum absolute atomic E-state index is 13.4. The Labute approximate surface area is 176 Å². The number of ether oxygens (including phenoxy) is 1. The number of ketones is 1. The Hall–Kier alpha value is -2.63. The molecule has 0 unspecified atom stereocenters. The van der Waals surface area contributed by atoms with Crippen molar-refractivity contribution in [3.63, 3.8) is 0 Å². The van der Waals surface area contributed by atoms with Crippen molar-refractivity contribution in [2.24, 2.45) is 0 Å². The lowest BCUT2D eigenvalue weighted by Crippen LogP contribution is -2.18. The lowest BCUT2D eigenvalue weighted by Gasteiger charge is -2.18. The number of Topliss-reactive ketones (excluding diaryl/α,β-unsaturated/α-hetero) is 1. The van der Waals surface area contributed by atoms with Crippen molar-refractivity contribution in [2.45, 2.75) is 23.5 Å². The molecule has 3 aromatic rings. The van der Waals surface area contributed by atoms with Crippen LogP contribution in [0.4, 0.5) is 0 Å². The van der Waals surface area contributed by atoms with Gasteiger partial charge in [0.15, 0.2) is 15.6 Å². The standard InChI is InChI=1S/C23H21ClO4S/c1-16-3-13-21(14-4-16)29(26,27)23(18-7-11-20(28-2)12-8-18)15-22(25)17-5-9-19(24)10-6-17/h3-14,23H,15H2,1-2H3/t23-/m1/s1. The molecule has 0 bridgehead atoms. The Morgan fingerprint density at radius 2 is 1.52 bits per heavy atom. The maximum Gasteiger partial charge on any atom is 0.185 e. The van der Waals surface area contributed by atoms with Gasteiger partial charge < -0.3 is 4.74 Å². The number of rotatable bonds is 7. The van der Waals surface area contributed by atoms with E-state index in [9.17, 15) is 13.2 Å². The van der Waals surface area contributed by atoms with Crippen LogP contribution < -0.4 is 4.74 Å². The van der Waals surface area contributed by atoms with Crippen LogP contribution in [0.3, 0.4) is 0 Å². The second-order valence-electron chi connectivity index (χ2n) is 6.75. The van der Waals surface area contributed by atoms with Gasteiger partial charge in [0, 0.05) is 17.0 Å². The van der Waals surface area contributed by atoms with Crippen LogP contribution in [0.5, 0.6) is 5.75 Å². The minimum absolute atomic E-state index is 0.176. The number of carbonyl (C=O) groups excluding carboxylic acids is 1. The average Bonchev–Trinajstić information content (AvgIpc) is 2.72. The average molecular weight is 429 g/mol. The molecule has 0 spiro atoms. The van der Waals surface area contributed by atoms with Gasteiger partial charge in [-0.2, -0.15) is 0 Å². The van der Waals surface area contributed by atoms with Crippen LogP contribution >= 0.6 is 11.6 Å². The molecule has 0 aliphatic rings. The molecule has 0 fully saturated rings. The maximum atomic E-state index is 13.4. The quantitative estimate of drug-likeness (QED) is 0.470. The van der Waals surface area contributed by atoms with Gasteiger partial charge in [-0.15, -0.1) is 0 Å². The Kier molecular flexibility index (Phi) is 6.40. The van der Waals surface area contributed by atoms with E-state index in [1.807, 2.05) is 6.92 Å². The van der Waals surface area contributed by atoms with Gasteiger partial charge in [0.25, 0.3) is 0 Å². The zero-order chi connectivity index (χ0) is 21.0. The molecule has 150 valence electrons. The molecule has 0 saturated heterocycles. The molecular formula is C23H21ClO4S. The second kappa shape index (κ2) is 8.80. The van der Waals surface area contributed by atoms with E-state index in [0.717, 1.165) is 5.56 Å². The van der Waals surface area contributed by atoms with Crippen molar-refractivity contribution in [1.82, 2.24) is 0 Å². The van der Waals surface area contributed by atoms with E-state index >= 15 is 0 Å². The van der Waals surface area contributed by atoms with Crippen LogP contribution in [0.1, 0.15) is 33.2 Å². The van der Waals surface area contributed by atoms with Crippen LogP contribution in [0.2, 0.25) is 5.02 Å². The number of carbonyl (C=O) groups is 1. The number of hydrogen-bond acceptors (Lipinski definition) is 4. The lowest BCUT2D eigenvalue weighted by atomic mass is 10.0. The molecule has 1 atom stereocenters. The van der Waals surface area contributed by atoms with Crippen molar-refractivity contribution in [1.29, 1.82) is 0 Å². The highest BCUT2D eigenvalue weighted by Gasteiger charge is 2.31. The molecule has 3 rings (SSSR count). The Morgan fingerprint density at radius 1 is 0.931 bits per heavy atom. The fourth-order valence-electron chi connectivity index (χ4n) is 3.04. The highest BCUT2D eigenvalue weighted by atomic mass is 35.5. The zero-order valence-electron chi connectivity index (χ0n) is 16.1. The molecule has 0 heterocycles. The van der Waals surface area contributed by atoms with Gasteiger partial charge in [-0.3, -0.25) is 4.79 Å². The Bertz CT molecular complexity index is 1090. The molecule has 4 nitrogen and oxygen atoms in total. The van der Waals surface area contributed by atoms with E-state index in [2.05, 4.69) is 0 Å². The van der Waals surface area contributed by atoms with Crippen molar-refractivity contribution in [2.75, 3.05) is 7.11 Å². The molecular weight excluding hydrogens is 408 g/mol. The van der Waals surface area contributed by atoms with E-state index in [1.165, 1.54) is 0 Å². The SMILES string of the molecule is COc1ccc([C@@H](CC(=O)c2ccc(Cl)cc2)S(=O)(=O)c2ccc(C)cc2)cc1. The summed E-state index contributed by atoms with van der Waals surface area (Å²) in [6.07, 6.45) is -0.176. The van der Waals surface area contributed by atoms with Crippen molar-refractivity contribution in [3.8, 4) is 5.75 Å². The fraction of sp³-hybridized carbons (Fsp3) is 0.174. The highest BCUT2D eigenvalue weighted by molar-refractivity contribution is 7.91. The third-order valence-corrected chi connectivity index (χ3v) is 7.12. The normalized spacial score (nSPS) is 12.4. The topological polar surface area (TPSA) is 60.4 Å². The fourth-order valence-corrected chi connectivity index (χ4v) is 4.90. The summed E-state index contributed by atoms with van der Waals surface area (Å²) in [7, 11) is -2.25. The van der Waals surface area contributed by atoms with Crippen LogP contribution in [0.15, 0.2) is 77.7 Å². The minimum atomic E-state index is -3.79. The van der Waals surface area contributed by atoms with Crippen molar-refractivity contribution >= 4 is 27.2 Å². The van der Waals surface area contributed by atoms with Crippen molar-refractivity contribution in [3.05, 3.63) is 94.5 Å². The number of aryl methyl sites for hydroxylation is 1. The molecule has 0 aromatic heterocycles. The predicted octanol–water partition coefficient (Wildman–Crippen LogP) is 5.45. The van der Waals surface area contributed by atoms with Gasteiger partial charge in [-0.25, -0.2) is 8.42 Å². The summed E-state index contributed by atoms with van der Waals surface area (Å²) in [4.78, 5) is 13.1. The van der Waals surface area contributed by atoms with E-state index in [4.69, 9.17) is 16.3 Å². The van der Waals surface area contributed by atoms with Crippen LogP contribution in [-0.4, -0.2) is 21.3 Å².